The van der Waals surface area contributed by atoms with Crippen LogP contribution in [0.4, 0.5) is 0 Å². The van der Waals surface area contributed by atoms with Crippen LogP contribution in [0.5, 0.6) is 0 Å². The molecule has 2 heterocycles. The van der Waals surface area contributed by atoms with Gasteiger partial charge >= 0.3 is 5.97 Å². The minimum absolute atomic E-state index is 0.0127. The lowest BCUT2D eigenvalue weighted by Gasteiger charge is -2.46. The van der Waals surface area contributed by atoms with Gasteiger partial charge in [0.1, 0.15) is 0 Å². The molecule has 136 valence electrons. The molecule has 0 N–H and O–H groups in total. The molecule has 5 rings (SSSR count). The first-order valence-corrected chi connectivity index (χ1v) is 9.36. The predicted octanol–water partition coefficient (Wildman–Crippen LogP) is 3.82. The van der Waals surface area contributed by atoms with E-state index in [1.165, 1.54) is 0 Å². The highest BCUT2D eigenvalue weighted by atomic mass is 16.5. The Labute approximate surface area is 157 Å². The van der Waals surface area contributed by atoms with Gasteiger partial charge in [0.05, 0.1) is 12.7 Å². The van der Waals surface area contributed by atoms with Gasteiger partial charge in [-0.3, -0.25) is 4.79 Å². The average molecular weight is 360 g/mol. The quantitative estimate of drug-likeness (QED) is 0.778. The van der Waals surface area contributed by atoms with Crippen LogP contribution in [0.25, 0.3) is 5.57 Å². The van der Waals surface area contributed by atoms with E-state index in [4.69, 9.17) is 9.47 Å². The highest BCUT2D eigenvalue weighted by Gasteiger charge is 2.71. The van der Waals surface area contributed by atoms with Gasteiger partial charge < -0.3 is 9.47 Å². The van der Waals surface area contributed by atoms with Crippen LogP contribution in [0.1, 0.15) is 36.6 Å². The lowest BCUT2D eigenvalue weighted by molar-refractivity contribution is -0.142. The molecule has 27 heavy (non-hydrogen) atoms. The van der Waals surface area contributed by atoms with Gasteiger partial charge in [-0.2, -0.15) is 0 Å². The first-order chi connectivity index (χ1) is 13.1. The molecule has 0 aromatic heterocycles. The van der Waals surface area contributed by atoms with Crippen LogP contribution >= 0.6 is 0 Å². The Morgan fingerprint density at radius 1 is 1.07 bits per heavy atom. The molecule has 4 unspecified atom stereocenters. The topological polar surface area (TPSA) is 52.6 Å². The minimum atomic E-state index is -1.01. The molecule has 2 aromatic rings. The normalized spacial score (nSPS) is 29.8. The van der Waals surface area contributed by atoms with Gasteiger partial charge in [-0.05, 0) is 36.1 Å². The summed E-state index contributed by atoms with van der Waals surface area (Å²) in [7, 11) is 0. The Bertz CT molecular complexity index is 990. The van der Waals surface area contributed by atoms with E-state index in [-0.39, 0.29) is 29.7 Å². The number of esters is 1. The zero-order valence-electron chi connectivity index (χ0n) is 15.3. The van der Waals surface area contributed by atoms with Crippen molar-refractivity contribution < 1.29 is 19.1 Å². The summed E-state index contributed by atoms with van der Waals surface area (Å²) >= 11 is 0. The fourth-order valence-electron chi connectivity index (χ4n) is 5.20. The Hall–Kier alpha value is -2.72. The molecule has 2 bridgehead atoms. The summed E-state index contributed by atoms with van der Waals surface area (Å²) < 4.78 is 11.7. The second-order valence-corrected chi connectivity index (χ2v) is 7.33. The van der Waals surface area contributed by atoms with E-state index in [0.29, 0.717) is 12.2 Å². The van der Waals surface area contributed by atoms with Gasteiger partial charge in [0, 0.05) is 17.4 Å². The number of rotatable bonds is 4. The number of carbonyl (C=O) groups is 2. The van der Waals surface area contributed by atoms with Gasteiger partial charge in [0.25, 0.3) is 0 Å². The third kappa shape index (κ3) is 1.91. The molecule has 2 aromatic carbocycles. The Balaban J connectivity index is 1.74. The van der Waals surface area contributed by atoms with E-state index >= 15 is 0 Å². The summed E-state index contributed by atoms with van der Waals surface area (Å²) in [4.78, 5) is 25.7. The number of benzene rings is 2. The molecule has 4 nitrogen and oxygen atoms in total. The van der Waals surface area contributed by atoms with Crippen molar-refractivity contribution in [2.75, 3.05) is 6.61 Å². The van der Waals surface area contributed by atoms with Gasteiger partial charge in [0.2, 0.25) is 0 Å². The standard InChI is InChI=1S/C23H20O4/c1-3-26-22(25)18-17(14-9-5-4-6-10-14)20-19(18)21-15-11-7-8-12-16(15)23(20,27-21)13(2)24/h4-12,19-21H,3H2,1-2H3. The summed E-state index contributed by atoms with van der Waals surface area (Å²) in [6.07, 6.45) is -0.276. The SMILES string of the molecule is CCOC(=O)C1=C(c2ccccc2)C2C1C1OC2(C(C)=O)c2ccccc21. The van der Waals surface area contributed by atoms with Crippen LogP contribution in [0, 0.1) is 11.8 Å². The van der Waals surface area contributed by atoms with Crippen molar-refractivity contribution in [1.82, 2.24) is 0 Å². The summed E-state index contributed by atoms with van der Waals surface area (Å²) in [5.41, 5.74) is 3.47. The van der Waals surface area contributed by atoms with Gasteiger partial charge in [-0.25, -0.2) is 4.79 Å². The summed E-state index contributed by atoms with van der Waals surface area (Å²) in [6.45, 7) is 3.72. The van der Waals surface area contributed by atoms with E-state index in [1.54, 1.807) is 13.8 Å². The van der Waals surface area contributed by atoms with E-state index in [0.717, 1.165) is 22.3 Å². The summed E-state index contributed by atoms with van der Waals surface area (Å²) in [6, 6.07) is 17.7. The van der Waals surface area contributed by atoms with E-state index < -0.39 is 5.60 Å². The number of fused-ring (bicyclic) bond motifs is 8. The first kappa shape index (κ1) is 16.5. The monoisotopic (exact) mass is 360 g/mol. The van der Waals surface area contributed by atoms with Crippen molar-refractivity contribution in [2.45, 2.75) is 25.6 Å². The van der Waals surface area contributed by atoms with Gasteiger partial charge in [-0.1, -0.05) is 54.6 Å². The van der Waals surface area contributed by atoms with Crippen LogP contribution in [0.15, 0.2) is 60.2 Å². The first-order valence-electron chi connectivity index (χ1n) is 9.36. The zero-order valence-corrected chi connectivity index (χ0v) is 15.3. The molecule has 0 saturated carbocycles. The highest BCUT2D eigenvalue weighted by molar-refractivity contribution is 6.07. The van der Waals surface area contributed by atoms with Crippen LogP contribution in [-0.4, -0.2) is 18.4 Å². The van der Waals surface area contributed by atoms with E-state index in [9.17, 15) is 9.59 Å². The van der Waals surface area contributed by atoms with Crippen LogP contribution in [-0.2, 0) is 24.7 Å². The van der Waals surface area contributed by atoms with Gasteiger partial charge in [0.15, 0.2) is 11.4 Å². The Kier molecular flexibility index (Phi) is 3.43. The van der Waals surface area contributed by atoms with Crippen molar-refractivity contribution in [3.8, 4) is 0 Å². The molecule has 0 spiro atoms. The molecule has 1 saturated heterocycles. The number of Topliss-reactive ketones (excluding diaryl/α,β-unsaturated/α-hetero) is 1. The third-order valence-corrected chi connectivity index (χ3v) is 6.14. The Morgan fingerprint density at radius 3 is 2.48 bits per heavy atom. The number of ether oxygens (including phenoxy) is 2. The lowest BCUT2D eigenvalue weighted by Crippen LogP contribution is -2.48. The fourth-order valence-corrected chi connectivity index (χ4v) is 5.20. The maximum Gasteiger partial charge on any atom is 0.334 e. The number of carbonyl (C=O) groups excluding carboxylic acids is 2. The van der Waals surface area contributed by atoms with Gasteiger partial charge in [-0.15, -0.1) is 0 Å². The van der Waals surface area contributed by atoms with Crippen molar-refractivity contribution >= 4 is 17.3 Å². The van der Waals surface area contributed by atoms with Crippen molar-refractivity contribution in [3.05, 3.63) is 76.9 Å². The second-order valence-electron chi connectivity index (χ2n) is 7.33. The van der Waals surface area contributed by atoms with Crippen molar-refractivity contribution in [1.29, 1.82) is 0 Å². The van der Waals surface area contributed by atoms with Crippen LogP contribution in [0.3, 0.4) is 0 Å². The molecule has 1 aliphatic carbocycles. The second kappa shape index (κ2) is 5.64. The number of hydrogen-bond acceptors (Lipinski definition) is 4. The average Bonchev–Trinajstić information content (AvgIpc) is 3.13. The summed E-state index contributed by atoms with van der Waals surface area (Å²) in [5.74, 6) is -0.610. The molecule has 4 heteroatoms. The molecule has 3 aliphatic rings. The molecule has 4 atom stereocenters. The summed E-state index contributed by atoms with van der Waals surface area (Å²) in [5, 5.41) is 0. The van der Waals surface area contributed by atoms with Crippen LogP contribution in [0.2, 0.25) is 0 Å². The predicted molar refractivity (Wildman–Crippen MR) is 99.6 cm³/mol. The molecule has 0 amide bonds. The van der Waals surface area contributed by atoms with Crippen molar-refractivity contribution in [2.24, 2.45) is 11.8 Å². The third-order valence-electron chi connectivity index (χ3n) is 6.14. The Morgan fingerprint density at radius 2 is 1.78 bits per heavy atom. The lowest BCUT2D eigenvalue weighted by atomic mass is 9.53. The smallest absolute Gasteiger partial charge is 0.334 e. The molecule has 1 fully saturated rings. The largest absolute Gasteiger partial charge is 0.463 e. The maximum atomic E-state index is 12.9. The fraction of sp³-hybridized carbons (Fsp3) is 0.304. The van der Waals surface area contributed by atoms with E-state index in [2.05, 4.69) is 0 Å². The highest BCUT2D eigenvalue weighted by Crippen LogP contribution is 2.71. The molecule has 2 aliphatic heterocycles. The number of ketones is 1. The molecular formula is C23H20O4. The molecule has 0 radical (unpaired) electrons. The number of hydrogen-bond donors (Lipinski definition) is 0. The maximum absolute atomic E-state index is 12.9. The minimum Gasteiger partial charge on any atom is -0.463 e. The molecular weight excluding hydrogens is 340 g/mol. The van der Waals surface area contributed by atoms with Crippen LogP contribution < -0.4 is 0 Å². The van der Waals surface area contributed by atoms with Crippen molar-refractivity contribution in [3.63, 3.8) is 0 Å². The van der Waals surface area contributed by atoms with E-state index in [1.807, 2.05) is 54.6 Å². The zero-order chi connectivity index (χ0) is 18.8.